The molecule has 0 unspecified atom stereocenters. The van der Waals surface area contributed by atoms with Gasteiger partial charge in [0, 0.05) is 0 Å². The van der Waals surface area contributed by atoms with Crippen molar-refractivity contribution < 1.29 is 0 Å². The molecule has 0 aliphatic carbocycles. The van der Waals surface area contributed by atoms with E-state index in [2.05, 4.69) is 121 Å². The Hall–Kier alpha value is -2.13. The zero-order valence-corrected chi connectivity index (χ0v) is 18.6. The van der Waals surface area contributed by atoms with E-state index >= 15 is 0 Å². The van der Waals surface area contributed by atoms with Gasteiger partial charge in [-0.05, 0) is 0 Å². The molecular formula is C26H24AsP. The average molecular weight is 442 g/mol. The van der Waals surface area contributed by atoms with Crippen molar-refractivity contribution in [1.29, 1.82) is 0 Å². The Bertz CT molecular complexity index is 794. The van der Waals surface area contributed by atoms with Gasteiger partial charge in [-0.25, -0.2) is 0 Å². The Morgan fingerprint density at radius 2 is 0.821 bits per heavy atom. The molecule has 4 rings (SSSR count). The quantitative estimate of drug-likeness (QED) is 0.294. The number of benzene rings is 4. The van der Waals surface area contributed by atoms with Gasteiger partial charge in [0.25, 0.3) is 0 Å². The van der Waals surface area contributed by atoms with Crippen LogP contribution in [0.5, 0.6) is 0 Å². The first-order chi connectivity index (χ1) is 13.9. The molecule has 0 aliphatic heterocycles. The number of rotatable bonds is 7. The second kappa shape index (κ2) is 9.88. The molecular weight excluding hydrogens is 418 g/mol. The van der Waals surface area contributed by atoms with E-state index in [0.717, 1.165) is 0 Å². The molecule has 0 radical (unpaired) electrons. The summed E-state index contributed by atoms with van der Waals surface area (Å²) in [6.45, 7) is 0. The van der Waals surface area contributed by atoms with Gasteiger partial charge in [-0.1, -0.05) is 0 Å². The topological polar surface area (TPSA) is 0 Å². The van der Waals surface area contributed by atoms with Crippen LogP contribution in [0.1, 0.15) is 0 Å². The van der Waals surface area contributed by atoms with Crippen LogP contribution in [0, 0.1) is 0 Å². The van der Waals surface area contributed by atoms with Gasteiger partial charge in [-0.15, -0.1) is 0 Å². The fourth-order valence-corrected chi connectivity index (χ4v) is 12.2. The molecule has 0 nitrogen and oxygen atoms in total. The number of hydrogen-bond acceptors (Lipinski definition) is 0. The summed E-state index contributed by atoms with van der Waals surface area (Å²) in [7, 11) is -0.328. The third kappa shape index (κ3) is 4.82. The molecule has 0 bridgehead atoms. The maximum absolute atomic E-state index is 2.33. The molecule has 2 heteroatoms. The van der Waals surface area contributed by atoms with Crippen LogP contribution in [0.2, 0.25) is 5.21 Å². The van der Waals surface area contributed by atoms with Crippen molar-refractivity contribution in [3.05, 3.63) is 121 Å². The summed E-state index contributed by atoms with van der Waals surface area (Å²) in [6.07, 6.45) is 1.24. The molecule has 0 spiro atoms. The SMILES string of the molecule is c1ccc(P(CC[As](c2ccccc2)c2ccccc2)c2ccccc2)cc1. The Morgan fingerprint density at radius 1 is 0.464 bits per heavy atom. The fraction of sp³-hybridized carbons (Fsp3) is 0.0769. The van der Waals surface area contributed by atoms with E-state index in [4.69, 9.17) is 0 Å². The normalized spacial score (nSPS) is 11.1. The Morgan fingerprint density at radius 3 is 1.21 bits per heavy atom. The standard InChI is InChI=1S/C26H24AsP/c1-5-13-23(14-6-1)27(24-15-7-2-8-16-24)21-22-28(25-17-9-3-10-18-25)26-19-11-4-12-20-26/h1-20H,21-22H2. The molecule has 0 N–H and O–H groups in total. The van der Waals surface area contributed by atoms with Gasteiger partial charge in [0.2, 0.25) is 0 Å². The third-order valence-corrected chi connectivity index (χ3v) is 13.4. The van der Waals surface area contributed by atoms with Gasteiger partial charge in [-0.3, -0.25) is 0 Å². The summed E-state index contributed by atoms with van der Waals surface area (Å²) >= 11 is -1.32. The second-order valence-corrected chi connectivity index (χ2v) is 13.9. The molecule has 0 atom stereocenters. The molecule has 4 aromatic carbocycles. The molecule has 28 heavy (non-hydrogen) atoms. The fourth-order valence-electron chi connectivity index (χ4n) is 3.45. The first-order valence-corrected chi connectivity index (χ1v) is 14.4. The first-order valence-electron chi connectivity index (χ1n) is 9.67. The first kappa shape index (κ1) is 19.2. The van der Waals surface area contributed by atoms with E-state index in [1.807, 2.05) is 0 Å². The second-order valence-electron chi connectivity index (χ2n) is 6.65. The Labute approximate surface area is 174 Å². The van der Waals surface area contributed by atoms with Crippen LogP contribution in [0.3, 0.4) is 0 Å². The van der Waals surface area contributed by atoms with Crippen molar-refractivity contribution >= 4 is 41.9 Å². The average Bonchev–Trinajstić information content (AvgIpc) is 2.79. The van der Waals surface area contributed by atoms with Gasteiger partial charge in [0.05, 0.1) is 0 Å². The summed E-state index contributed by atoms with van der Waals surface area (Å²) in [5.41, 5.74) is 0. The van der Waals surface area contributed by atoms with Crippen molar-refractivity contribution in [2.24, 2.45) is 0 Å². The minimum atomic E-state index is -1.32. The Kier molecular flexibility index (Phi) is 6.77. The van der Waals surface area contributed by atoms with E-state index in [0.29, 0.717) is 0 Å². The maximum atomic E-state index is 2.33. The predicted octanol–water partition coefficient (Wildman–Crippen LogP) is 4.43. The van der Waals surface area contributed by atoms with Gasteiger partial charge < -0.3 is 0 Å². The zero-order valence-electron chi connectivity index (χ0n) is 15.9. The van der Waals surface area contributed by atoms with E-state index < -0.39 is 14.7 Å². The van der Waals surface area contributed by atoms with Crippen molar-refractivity contribution in [1.82, 2.24) is 0 Å². The molecule has 4 aromatic rings. The summed E-state index contributed by atoms with van der Waals surface area (Å²) in [5, 5.41) is 4.26. The summed E-state index contributed by atoms with van der Waals surface area (Å²) in [6, 6.07) is 44.5. The van der Waals surface area contributed by atoms with E-state index in [9.17, 15) is 0 Å². The van der Waals surface area contributed by atoms with Gasteiger partial charge >= 0.3 is 175 Å². The van der Waals surface area contributed by atoms with Gasteiger partial charge in [0.1, 0.15) is 0 Å². The van der Waals surface area contributed by atoms with Crippen LogP contribution in [-0.2, 0) is 0 Å². The molecule has 0 aliphatic rings. The van der Waals surface area contributed by atoms with Crippen LogP contribution in [0.15, 0.2) is 121 Å². The number of hydrogen-bond donors (Lipinski definition) is 0. The zero-order chi connectivity index (χ0) is 19.0. The van der Waals surface area contributed by atoms with Crippen LogP contribution >= 0.6 is 7.92 Å². The summed E-state index contributed by atoms with van der Waals surface area (Å²) in [5.74, 6) is 0. The summed E-state index contributed by atoms with van der Waals surface area (Å²) in [4.78, 5) is 0. The van der Waals surface area contributed by atoms with Gasteiger partial charge in [-0.2, -0.15) is 0 Å². The van der Waals surface area contributed by atoms with Crippen molar-refractivity contribution in [3.63, 3.8) is 0 Å². The molecule has 0 amide bonds. The third-order valence-electron chi connectivity index (χ3n) is 4.82. The van der Waals surface area contributed by atoms with Crippen molar-refractivity contribution in [2.45, 2.75) is 5.21 Å². The van der Waals surface area contributed by atoms with Gasteiger partial charge in [0.15, 0.2) is 0 Å². The van der Waals surface area contributed by atoms with E-state index in [1.54, 1.807) is 8.70 Å². The van der Waals surface area contributed by atoms with Crippen LogP contribution in [0.25, 0.3) is 0 Å². The molecule has 0 saturated heterocycles. The Balaban J connectivity index is 1.64. The van der Waals surface area contributed by atoms with Crippen LogP contribution < -0.4 is 19.3 Å². The van der Waals surface area contributed by atoms with Crippen molar-refractivity contribution in [3.8, 4) is 0 Å². The van der Waals surface area contributed by atoms with E-state index in [1.165, 1.54) is 22.0 Å². The molecule has 0 heterocycles. The monoisotopic (exact) mass is 442 g/mol. The van der Waals surface area contributed by atoms with Crippen LogP contribution in [-0.4, -0.2) is 20.8 Å². The predicted molar refractivity (Wildman–Crippen MR) is 127 cm³/mol. The van der Waals surface area contributed by atoms with Crippen LogP contribution in [0.4, 0.5) is 0 Å². The van der Waals surface area contributed by atoms with E-state index in [-0.39, 0.29) is 7.92 Å². The minimum absolute atomic E-state index is 0.328. The molecule has 0 saturated carbocycles. The van der Waals surface area contributed by atoms with Crippen molar-refractivity contribution in [2.75, 3.05) is 6.16 Å². The molecule has 138 valence electrons. The molecule has 0 fully saturated rings. The molecule has 0 aromatic heterocycles. The summed E-state index contributed by atoms with van der Waals surface area (Å²) < 4.78 is 3.11.